The molecule has 10 heteroatoms. The zero-order chi connectivity index (χ0) is 20.4. The molecule has 0 amide bonds. The standard InChI is InChI=1S/C20H18FN7O2/c1-27-14(5-17(22)26-27)11-4-16-20(28-9-24-25-19(11)28)23-6-12-13(21)2-3-15-18(12)10(7-29-15)8-30-16/h2-5,9-10,23H,6-8H2,1H3,(H2,22,26)/t10-/m1/s1. The highest BCUT2D eigenvalue weighted by molar-refractivity contribution is 5.81. The number of anilines is 2. The molecule has 0 saturated heterocycles. The van der Waals surface area contributed by atoms with Gasteiger partial charge in [-0.3, -0.25) is 9.08 Å². The van der Waals surface area contributed by atoms with Crippen LogP contribution in [0.3, 0.4) is 0 Å². The van der Waals surface area contributed by atoms with Crippen LogP contribution in [-0.2, 0) is 13.6 Å². The minimum absolute atomic E-state index is 0.0501. The largest absolute Gasteiger partial charge is 0.493 e. The number of aromatic nitrogens is 5. The molecule has 4 aromatic rings. The van der Waals surface area contributed by atoms with Crippen LogP contribution in [-0.4, -0.2) is 37.6 Å². The normalized spacial score (nSPS) is 17.2. The van der Waals surface area contributed by atoms with Gasteiger partial charge in [0.1, 0.15) is 23.7 Å². The van der Waals surface area contributed by atoms with E-state index in [0.717, 1.165) is 16.8 Å². The molecule has 3 N–H and O–H groups in total. The number of ether oxygens (including phenoxy) is 2. The quantitative estimate of drug-likeness (QED) is 0.499. The van der Waals surface area contributed by atoms with Crippen LogP contribution in [0.1, 0.15) is 17.0 Å². The first-order chi connectivity index (χ1) is 14.6. The van der Waals surface area contributed by atoms with Gasteiger partial charge >= 0.3 is 0 Å². The first-order valence-corrected chi connectivity index (χ1v) is 9.57. The van der Waals surface area contributed by atoms with E-state index in [1.54, 1.807) is 27.5 Å². The van der Waals surface area contributed by atoms with Crippen molar-refractivity contribution in [3.8, 4) is 22.8 Å². The first-order valence-electron chi connectivity index (χ1n) is 9.57. The third kappa shape index (κ3) is 2.36. The predicted octanol–water partition coefficient (Wildman–Crippen LogP) is 2.33. The minimum atomic E-state index is -0.262. The van der Waals surface area contributed by atoms with Gasteiger partial charge in [-0.15, -0.1) is 10.2 Å². The molecule has 0 radical (unpaired) electrons. The Kier molecular flexibility index (Phi) is 3.46. The Hall–Kier alpha value is -3.82. The molecule has 9 nitrogen and oxygen atoms in total. The second-order valence-electron chi connectivity index (χ2n) is 7.48. The topological polar surface area (TPSA) is 105 Å². The summed E-state index contributed by atoms with van der Waals surface area (Å²) in [6.07, 6.45) is 1.60. The third-order valence-electron chi connectivity index (χ3n) is 5.69. The third-order valence-corrected chi connectivity index (χ3v) is 5.69. The smallest absolute Gasteiger partial charge is 0.171 e. The van der Waals surface area contributed by atoms with E-state index in [4.69, 9.17) is 15.2 Å². The highest BCUT2D eigenvalue weighted by Crippen LogP contribution is 2.41. The summed E-state index contributed by atoms with van der Waals surface area (Å²) in [6.45, 7) is 1.11. The second-order valence-corrected chi connectivity index (χ2v) is 7.48. The van der Waals surface area contributed by atoms with Crippen molar-refractivity contribution in [2.24, 2.45) is 7.05 Å². The summed E-state index contributed by atoms with van der Waals surface area (Å²) in [4.78, 5) is 0. The van der Waals surface area contributed by atoms with Gasteiger partial charge in [0.2, 0.25) is 0 Å². The predicted molar refractivity (Wildman–Crippen MR) is 107 cm³/mol. The van der Waals surface area contributed by atoms with Crippen molar-refractivity contribution >= 4 is 17.3 Å². The van der Waals surface area contributed by atoms with Gasteiger partial charge in [0.15, 0.2) is 17.2 Å². The maximum Gasteiger partial charge on any atom is 0.171 e. The molecule has 1 atom stereocenters. The number of pyridine rings is 1. The lowest BCUT2D eigenvalue weighted by Crippen LogP contribution is -2.13. The number of nitrogen functional groups attached to an aromatic ring is 1. The Labute approximate surface area is 170 Å². The maximum atomic E-state index is 14.7. The first kappa shape index (κ1) is 17.1. The number of nitrogens with one attached hydrogen (secondary N) is 1. The van der Waals surface area contributed by atoms with Crippen molar-refractivity contribution in [2.75, 3.05) is 24.3 Å². The number of hydrogen-bond acceptors (Lipinski definition) is 7. The monoisotopic (exact) mass is 407 g/mol. The summed E-state index contributed by atoms with van der Waals surface area (Å²) < 4.78 is 30.2. The second kappa shape index (κ2) is 6.09. The Morgan fingerprint density at radius 2 is 2.03 bits per heavy atom. The zero-order valence-corrected chi connectivity index (χ0v) is 16.1. The fourth-order valence-corrected chi connectivity index (χ4v) is 4.31. The molecule has 2 aliphatic heterocycles. The summed E-state index contributed by atoms with van der Waals surface area (Å²) in [6, 6.07) is 6.80. The average Bonchev–Trinajstić information content (AvgIpc) is 3.44. The molecular formula is C20H18FN7O2. The van der Waals surface area contributed by atoms with Crippen LogP contribution < -0.4 is 20.5 Å². The van der Waals surface area contributed by atoms with Crippen molar-refractivity contribution in [1.82, 2.24) is 24.4 Å². The van der Waals surface area contributed by atoms with Gasteiger partial charge in [-0.2, -0.15) is 5.10 Å². The molecule has 0 unspecified atom stereocenters. The van der Waals surface area contributed by atoms with E-state index in [1.165, 1.54) is 6.07 Å². The van der Waals surface area contributed by atoms with E-state index >= 15 is 0 Å². The number of aryl methyl sites for hydroxylation is 1. The van der Waals surface area contributed by atoms with Gasteiger partial charge in [-0.1, -0.05) is 0 Å². The Morgan fingerprint density at radius 3 is 2.83 bits per heavy atom. The molecule has 0 aliphatic carbocycles. The average molecular weight is 407 g/mol. The van der Waals surface area contributed by atoms with Gasteiger partial charge in [-0.05, 0) is 18.2 Å². The van der Waals surface area contributed by atoms with Crippen LogP contribution in [0.2, 0.25) is 0 Å². The van der Waals surface area contributed by atoms with Gasteiger partial charge in [0, 0.05) is 36.3 Å². The van der Waals surface area contributed by atoms with Crippen LogP contribution >= 0.6 is 0 Å². The van der Waals surface area contributed by atoms with Crippen LogP contribution in [0.15, 0.2) is 30.6 Å². The molecule has 0 saturated carbocycles. The van der Waals surface area contributed by atoms with Crippen molar-refractivity contribution in [3.05, 3.63) is 47.5 Å². The van der Waals surface area contributed by atoms with Crippen molar-refractivity contribution in [3.63, 3.8) is 0 Å². The van der Waals surface area contributed by atoms with Gasteiger partial charge < -0.3 is 20.5 Å². The Morgan fingerprint density at radius 1 is 1.20 bits per heavy atom. The summed E-state index contributed by atoms with van der Waals surface area (Å²) in [5.41, 5.74) is 9.53. The lowest BCUT2D eigenvalue weighted by molar-refractivity contribution is 0.249. The number of nitrogens with two attached hydrogens (primary N) is 1. The Bertz CT molecular complexity index is 1310. The van der Waals surface area contributed by atoms with Crippen LogP contribution in [0.25, 0.3) is 16.9 Å². The van der Waals surface area contributed by atoms with Gasteiger partial charge in [0.05, 0.1) is 24.8 Å². The molecule has 3 aromatic heterocycles. The number of hydrogen-bond donors (Lipinski definition) is 2. The van der Waals surface area contributed by atoms with E-state index in [2.05, 4.69) is 20.6 Å². The van der Waals surface area contributed by atoms with Crippen molar-refractivity contribution < 1.29 is 13.9 Å². The summed E-state index contributed by atoms with van der Waals surface area (Å²) in [5.74, 6) is 2.08. The molecular weight excluding hydrogens is 389 g/mol. The Balaban J connectivity index is 1.53. The number of nitrogens with zero attached hydrogens (tertiary/aromatic N) is 5. The number of rotatable bonds is 1. The van der Waals surface area contributed by atoms with E-state index in [0.29, 0.717) is 47.6 Å². The minimum Gasteiger partial charge on any atom is -0.493 e. The van der Waals surface area contributed by atoms with Crippen LogP contribution in [0.4, 0.5) is 16.0 Å². The molecule has 2 aliphatic rings. The van der Waals surface area contributed by atoms with E-state index < -0.39 is 0 Å². The summed E-state index contributed by atoms with van der Waals surface area (Å²) >= 11 is 0. The molecule has 0 bridgehead atoms. The summed E-state index contributed by atoms with van der Waals surface area (Å²) in [7, 11) is 1.82. The van der Waals surface area contributed by atoms with Crippen molar-refractivity contribution in [1.29, 1.82) is 0 Å². The highest BCUT2D eigenvalue weighted by atomic mass is 19.1. The summed E-state index contributed by atoms with van der Waals surface area (Å²) in [5, 5.41) is 15.9. The zero-order valence-electron chi connectivity index (χ0n) is 16.1. The van der Waals surface area contributed by atoms with Crippen LogP contribution in [0.5, 0.6) is 11.5 Å². The molecule has 6 rings (SSSR count). The molecule has 152 valence electrons. The lowest BCUT2D eigenvalue weighted by atomic mass is 9.96. The van der Waals surface area contributed by atoms with E-state index in [9.17, 15) is 4.39 Å². The lowest BCUT2D eigenvalue weighted by Gasteiger charge is -2.16. The fourth-order valence-electron chi connectivity index (χ4n) is 4.31. The van der Waals surface area contributed by atoms with E-state index in [-0.39, 0.29) is 18.3 Å². The molecule has 5 heterocycles. The fraction of sp³-hybridized carbons (Fsp3) is 0.250. The maximum absolute atomic E-state index is 14.7. The van der Waals surface area contributed by atoms with E-state index in [1.807, 2.05) is 13.1 Å². The SMILES string of the molecule is Cn1nc(N)cc1-c1cc2c(n3cnnc13)NCc1c(F)ccc3c1[C@H](CO3)CO2. The molecule has 30 heavy (non-hydrogen) atoms. The molecule has 1 aromatic carbocycles. The van der Waals surface area contributed by atoms with Gasteiger partial charge in [-0.25, -0.2) is 4.39 Å². The highest BCUT2D eigenvalue weighted by Gasteiger charge is 2.31. The molecule has 0 spiro atoms. The molecule has 0 fully saturated rings. The van der Waals surface area contributed by atoms with Gasteiger partial charge in [0.25, 0.3) is 0 Å². The number of fused-ring (bicyclic) bond motifs is 3. The van der Waals surface area contributed by atoms with Crippen LogP contribution in [0, 0.1) is 5.82 Å². The number of halogens is 1. The number of benzene rings is 1. The van der Waals surface area contributed by atoms with Crippen molar-refractivity contribution in [2.45, 2.75) is 12.5 Å².